The molecule has 5 heteroatoms. The highest BCUT2D eigenvalue weighted by molar-refractivity contribution is 9.10. The largest absolute Gasteiger partial charge is 0.492 e. The zero-order chi connectivity index (χ0) is 12.5. The Morgan fingerprint density at radius 3 is 2.38 bits per heavy atom. The summed E-state index contributed by atoms with van der Waals surface area (Å²) in [5.74, 6) is -2.21. The van der Waals surface area contributed by atoms with Gasteiger partial charge in [-0.05, 0) is 22.0 Å². The highest BCUT2D eigenvalue weighted by Gasteiger charge is 2.28. The summed E-state index contributed by atoms with van der Waals surface area (Å²) >= 11 is 3.10. The summed E-state index contributed by atoms with van der Waals surface area (Å²) in [6.07, 6.45) is 0. The van der Waals surface area contributed by atoms with Gasteiger partial charge in [-0.1, -0.05) is 13.8 Å². The van der Waals surface area contributed by atoms with E-state index in [0.29, 0.717) is 4.47 Å². The maximum absolute atomic E-state index is 13.7. The first kappa shape index (κ1) is 13.4. The number of halogens is 3. The molecule has 90 valence electrons. The van der Waals surface area contributed by atoms with Gasteiger partial charge in [0.05, 0.1) is 18.2 Å². The van der Waals surface area contributed by atoms with Gasteiger partial charge in [-0.3, -0.25) is 0 Å². The van der Waals surface area contributed by atoms with Crippen molar-refractivity contribution in [3.8, 4) is 5.75 Å². The van der Waals surface area contributed by atoms with E-state index in [1.54, 1.807) is 13.8 Å². The average Bonchev–Trinajstić information content (AvgIpc) is 2.24. The number of hydrogen-bond acceptors (Lipinski definition) is 2. The highest BCUT2D eigenvalue weighted by atomic mass is 79.9. The molecule has 0 spiro atoms. The number of hydrogen-bond donors (Lipinski definition) is 1. The normalized spacial score (nSPS) is 11.7. The Hall–Kier alpha value is -0.680. The molecule has 0 aliphatic heterocycles. The maximum atomic E-state index is 13.7. The molecule has 0 saturated carbocycles. The van der Waals surface area contributed by atoms with E-state index in [-0.39, 0.29) is 17.9 Å². The maximum Gasteiger partial charge on any atom is 0.202 e. The molecule has 1 aromatic carbocycles. The fraction of sp³-hybridized carbons (Fsp3) is 0.455. The van der Waals surface area contributed by atoms with E-state index in [1.807, 2.05) is 0 Å². The van der Waals surface area contributed by atoms with E-state index in [9.17, 15) is 8.78 Å². The van der Waals surface area contributed by atoms with Crippen LogP contribution in [0.4, 0.5) is 8.78 Å². The van der Waals surface area contributed by atoms with Gasteiger partial charge < -0.3 is 9.84 Å². The fourth-order valence-electron chi connectivity index (χ4n) is 1.34. The summed E-state index contributed by atoms with van der Waals surface area (Å²) in [5, 5.41) is 9.14. The summed E-state index contributed by atoms with van der Waals surface area (Å²) < 4.78 is 32.4. The van der Waals surface area contributed by atoms with Crippen molar-refractivity contribution in [3.05, 3.63) is 27.7 Å². The molecule has 0 amide bonds. The van der Waals surface area contributed by atoms with E-state index < -0.39 is 17.0 Å². The van der Waals surface area contributed by atoms with Crippen molar-refractivity contribution < 1.29 is 18.6 Å². The monoisotopic (exact) mass is 294 g/mol. The lowest BCUT2D eigenvalue weighted by Gasteiger charge is -2.24. The van der Waals surface area contributed by atoms with Crippen LogP contribution in [0, 0.1) is 11.6 Å². The SMILES string of the molecule is COc1c(Br)cc(C(C)(C)CO)c(F)c1F. The molecule has 1 rings (SSSR count). The van der Waals surface area contributed by atoms with Gasteiger partial charge >= 0.3 is 0 Å². The minimum atomic E-state index is -1.05. The molecule has 0 bridgehead atoms. The zero-order valence-corrected chi connectivity index (χ0v) is 10.9. The van der Waals surface area contributed by atoms with Crippen LogP contribution >= 0.6 is 15.9 Å². The predicted octanol–water partition coefficient (Wildman–Crippen LogP) is 3.01. The van der Waals surface area contributed by atoms with Crippen molar-refractivity contribution in [2.24, 2.45) is 0 Å². The molecular formula is C11H13BrF2O2. The summed E-state index contributed by atoms with van der Waals surface area (Å²) in [5.41, 5.74) is -0.736. The van der Waals surface area contributed by atoms with Crippen molar-refractivity contribution in [2.45, 2.75) is 19.3 Å². The molecule has 1 aromatic rings. The van der Waals surface area contributed by atoms with Gasteiger partial charge in [0.15, 0.2) is 11.6 Å². The highest BCUT2D eigenvalue weighted by Crippen LogP contribution is 2.36. The predicted molar refractivity (Wildman–Crippen MR) is 60.7 cm³/mol. The molecule has 0 fully saturated rings. The van der Waals surface area contributed by atoms with Gasteiger partial charge in [-0.25, -0.2) is 4.39 Å². The fourth-order valence-corrected chi connectivity index (χ4v) is 1.91. The van der Waals surface area contributed by atoms with Crippen molar-refractivity contribution in [1.82, 2.24) is 0 Å². The first-order valence-corrected chi connectivity index (χ1v) is 5.47. The second-order valence-electron chi connectivity index (χ2n) is 4.11. The molecule has 16 heavy (non-hydrogen) atoms. The summed E-state index contributed by atoms with van der Waals surface area (Å²) in [6, 6.07) is 1.42. The molecular weight excluding hydrogens is 282 g/mol. The molecule has 0 atom stereocenters. The summed E-state index contributed by atoms with van der Waals surface area (Å²) in [6.45, 7) is 2.98. The zero-order valence-electron chi connectivity index (χ0n) is 9.27. The van der Waals surface area contributed by atoms with Crippen LogP contribution in [0.25, 0.3) is 0 Å². The van der Waals surface area contributed by atoms with Crippen molar-refractivity contribution in [2.75, 3.05) is 13.7 Å². The molecule has 0 unspecified atom stereocenters. The Labute approximate surface area is 101 Å². The molecule has 0 aliphatic rings. The minimum Gasteiger partial charge on any atom is -0.492 e. The summed E-state index contributed by atoms with van der Waals surface area (Å²) in [4.78, 5) is 0. The molecule has 0 aliphatic carbocycles. The third-order valence-electron chi connectivity index (χ3n) is 2.45. The van der Waals surface area contributed by atoms with E-state index in [4.69, 9.17) is 9.84 Å². The van der Waals surface area contributed by atoms with Crippen molar-refractivity contribution >= 4 is 15.9 Å². The van der Waals surface area contributed by atoms with Crippen LogP contribution in [0.3, 0.4) is 0 Å². The minimum absolute atomic E-state index is 0.111. The molecule has 2 nitrogen and oxygen atoms in total. The number of benzene rings is 1. The first-order valence-electron chi connectivity index (χ1n) is 4.68. The van der Waals surface area contributed by atoms with Crippen LogP contribution < -0.4 is 4.74 Å². The topological polar surface area (TPSA) is 29.5 Å². The van der Waals surface area contributed by atoms with Gasteiger partial charge in [0.25, 0.3) is 0 Å². The number of aliphatic hydroxyl groups is 1. The Morgan fingerprint density at radius 1 is 1.38 bits per heavy atom. The number of methoxy groups -OCH3 is 1. The molecule has 1 N–H and O–H groups in total. The van der Waals surface area contributed by atoms with E-state index in [0.717, 1.165) is 0 Å². The Morgan fingerprint density at radius 2 is 1.94 bits per heavy atom. The third kappa shape index (κ3) is 2.20. The smallest absolute Gasteiger partial charge is 0.202 e. The Bertz CT molecular complexity index is 405. The lowest BCUT2D eigenvalue weighted by Crippen LogP contribution is -2.24. The number of rotatable bonds is 3. The quantitative estimate of drug-likeness (QED) is 0.869. The third-order valence-corrected chi connectivity index (χ3v) is 3.03. The second kappa shape index (κ2) is 4.67. The molecule has 0 radical (unpaired) electrons. The number of ether oxygens (including phenoxy) is 1. The lowest BCUT2D eigenvalue weighted by molar-refractivity contribution is 0.213. The van der Waals surface area contributed by atoms with Crippen LogP contribution in [0.15, 0.2) is 10.5 Å². The van der Waals surface area contributed by atoms with Crippen LogP contribution in [-0.2, 0) is 5.41 Å². The van der Waals surface area contributed by atoms with Crippen LogP contribution in [0.2, 0.25) is 0 Å². The molecule has 0 saturated heterocycles. The van der Waals surface area contributed by atoms with Gasteiger partial charge in [-0.2, -0.15) is 4.39 Å². The van der Waals surface area contributed by atoms with Crippen LogP contribution in [0.1, 0.15) is 19.4 Å². The van der Waals surface area contributed by atoms with Gasteiger partial charge in [0, 0.05) is 11.0 Å². The second-order valence-corrected chi connectivity index (χ2v) is 4.96. The lowest BCUT2D eigenvalue weighted by atomic mass is 9.85. The standard InChI is InChI=1S/C11H13BrF2O2/c1-11(2,5-15)6-4-7(12)10(16-3)9(14)8(6)13/h4,15H,5H2,1-3H3. The van der Waals surface area contributed by atoms with E-state index >= 15 is 0 Å². The first-order chi connectivity index (χ1) is 7.35. The van der Waals surface area contributed by atoms with Gasteiger partial charge in [0.2, 0.25) is 5.82 Å². The Kier molecular flexibility index (Phi) is 3.91. The van der Waals surface area contributed by atoms with E-state index in [1.165, 1.54) is 13.2 Å². The molecule has 0 heterocycles. The van der Waals surface area contributed by atoms with Crippen LogP contribution in [0.5, 0.6) is 5.75 Å². The van der Waals surface area contributed by atoms with Crippen molar-refractivity contribution in [1.29, 1.82) is 0 Å². The average molecular weight is 295 g/mol. The Balaban J connectivity index is 3.45. The molecule has 0 aromatic heterocycles. The van der Waals surface area contributed by atoms with Gasteiger partial charge in [0.1, 0.15) is 0 Å². The number of aliphatic hydroxyl groups excluding tert-OH is 1. The van der Waals surface area contributed by atoms with Crippen LogP contribution in [-0.4, -0.2) is 18.8 Å². The van der Waals surface area contributed by atoms with E-state index in [2.05, 4.69) is 15.9 Å². The summed E-state index contributed by atoms with van der Waals surface area (Å²) in [7, 11) is 1.26. The van der Waals surface area contributed by atoms with Crippen molar-refractivity contribution in [3.63, 3.8) is 0 Å². The van der Waals surface area contributed by atoms with Gasteiger partial charge in [-0.15, -0.1) is 0 Å².